The minimum atomic E-state index is 0.810. The Morgan fingerprint density at radius 1 is 1.16 bits per heavy atom. The quantitative estimate of drug-likeness (QED) is 0.819. The first-order valence-corrected chi connectivity index (χ1v) is 6.78. The van der Waals surface area contributed by atoms with Gasteiger partial charge in [0.2, 0.25) is 0 Å². The largest absolute Gasteiger partial charge is 0.383 e. The number of ether oxygens (including phenoxy) is 1. The second kappa shape index (κ2) is 5.59. The Hall–Kier alpha value is -1.59. The summed E-state index contributed by atoms with van der Waals surface area (Å²) in [7, 11) is 1.76. The van der Waals surface area contributed by atoms with Crippen LogP contribution in [0.15, 0.2) is 30.5 Å². The summed E-state index contributed by atoms with van der Waals surface area (Å²) in [6.45, 7) is 5.98. The van der Waals surface area contributed by atoms with Crippen molar-refractivity contribution in [2.45, 2.75) is 0 Å². The minimum Gasteiger partial charge on any atom is -0.383 e. The molecule has 0 aliphatic carbocycles. The highest BCUT2D eigenvalue weighted by atomic mass is 16.5. The zero-order chi connectivity index (χ0) is 13.1. The SMILES string of the molecule is COCCN1CCN(n2ncc3ccccc32)CC1. The lowest BCUT2D eigenvalue weighted by Gasteiger charge is -2.35. The van der Waals surface area contributed by atoms with E-state index < -0.39 is 0 Å². The van der Waals surface area contributed by atoms with E-state index in [0.717, 1.165) is 39.3 Å². The molecule has 0 atom stereocenters. The zero-order valence-corrected chi connectivity index (χ0v) is 11.3. The Labute approximate surface area is 113 Å². The summed E-state index contributed by atoms with van der Waals surface area (Å²) in [5.41, 5.74) is 1.19. The normalized spacial score (nSPS) is 17.2. The van der Waals surface area contributed by atoms with Crippen LogP contribution in [-0.4, -0.2) is 61.2 Å². The number of fused-ring (bicyclic) bond motifs is 1. The lowest BCUT2D eigenvalue weighted by molar-refractivity contribution is 0.139. The van der Waals surface area contributed by atoms with E-state index >= 15 is 0 Å². The average molecular weight is 260 g/mol. The highest BCUT2D eigenvalue weighted by Gasteiger charge is 2.18. The number of piperazine rings is 1. The fraction of sp³-hybridized carbons (Fsp3) is 0.500. The standard InChI is InChI=1S/C14H20N4O/c1-19-11-10-16-6-8-17(9-7-16)18-14-5-3-2-4-13(14)12-15-18/h2-5,12H,6-11H2,1H3. The lowest BCUT2D eigenvalue weighted by Crippen LogP contribution is -2.52. The van der Waals surface area contributed by atoms with Crippen LogP contribution in [-0.2, 0) is 4.74 Å². The van der Waals surface area contributed by atoms with Gasteiger partial charge in [0.05, 0.1) is 18.3 Å². The van der Waals surface area contributed by atoms with Crippen molar-refractivity contribution < 1.29 is 4.74 Å². The van der Waals surface area contributed by atoms with Crippen LogP contribution in [0.5, 0.6) is 0 Å². The number of hydrogen-bond acceptors (Lipinski definition) is 4. The summed E-state index contributed by atoms with van der Waals surface area (Å²) in [6, 6.07) is 8.35. The van der Waals surface area contributed by atoms with Gasteiger partial charge in [0.15, 0.2) is 0 Å². The van der Waals surface area contributed by atoms with Gasteiger partial charge in [0.1, 0.15) is 0 Å². The molecule has 0 saturated carbocycles. The summed E-state index contributed by atoms with van der Waals surface area (Å²) in [4.78, 5) is 4.48. The van der Waals surface area contributed by atoms with Gasteiger partial charge in [-0.15, -0.1) is 0 Å². The molecule has 1 aliphatic heterocycles. The van der Waals surface area contributed by atoms with Gasteiger partial charge in [0.25, 0.3) is 0 Å². The van der Waals surface area contributed by atoms with Crippen molar-refractivity contribution >= 4 is 10.9 Å². The summed E-state index contributed by atoms with van der Waals surface area (Å²) < 4.78 is 5.13. The van der Waals surface area contributed by atoms with Crippen molar-refractivity contribution in [2.75, 3.05) is 51.4 Å². The van der Waals surface area contributed by atoms with E-state index in [4.69, 9.17) is 4.74 Å². The molecule has 5 heteroatoms. The predicted octanol–water partition coefficient (Wildman–Crippen LogP) is 0.936. The third-order valence-electron chi connectivity index (χ3n) is 3.69. The first kappa shape index (κ1) is 12.4. The summed E-state index contributed by atoms with van der Waals surface area (Å²) in [5, 5.41) is 8.02. The van der Waals surface area contributed by atoms with Crippen LogP contribution in [0, 0.1) is 0 Å². The molecule has 0 unspecified atom stereocenters. The van der Waals surface area contributed by atoms with E-state index in [1.54, 1.807) is 7.11 Å². The molecule has 1 aromatic carbocycles. The highest BCUT2D eigenvalue weighted by Crippen LogP contribution is 2.14. The van der Waals surface area contributed by atoms with Crippen molar-refractivity contribution in [3.05, 3.63) is 30.5 Å². The molecule has 2 aromatic rings. The molecule has 1 fully saturated rings. The zero-order valence-electron chi connectivity index (χ0n) is 11.3. The van der Waals surface area contributed by atoms with Gasteiger partial charge in [-0.25, -0.2) is 0 Å². The molecule has 0 bridgehead atoms. The average Bonchev–Trinajstić information content (AvgIpc) is 2.90. The van der Waals surface area contributed by atoms with Crippen LogP contribution in [0.25, 0.3) is 10.9 Å². The first-order valence-electron chi connectivity index (χ1n) is 6.78. The summed E-state index contributed by atoms with van der Waals surface area (Å²) in [6.07, 6.45) is 1.94. The molecular weight excluding hydrogens is 240 g/mol. The maximum atomic E-state index is 5.13. The van der Waals surface area contributed by atoms with Crippen LogP contribution < -0.4 is 5.01 Å². The topological polar surface area (TPSA) is 33.5 Å². The van der Waals surface area contributed by atoms with E-state index in [1.165, 1.54) is 10.9 Å². The molecule has 0 spiro atoms. The second-order valence-corrected chi connectivity index (χ2v) is 4.88. The summed E-state index contributed by atoms with van der Waals surface area (Å²) in [5.74, 6) is 0. The van der Waals surface area contributed by atoms with Crippen LogP contribution >= 0.6 is 0 Å². The van der Waals surface area contributed by atoms with Crippen molar-refractivity contribution in [1.29, 1.82) is 0 Å². The molecular formula is C14H20N4O. The van der Waals surface area contributed by atoms with Gasteiger partial charge in [-0.2, -0.15) is 9.89 Å². The van der Waals surface area contributed by atoms with E-state index in [9.17, 15) is 0 Å². The Bertz CT molecular complexity index is 531. The molecule has 5 nitrogen and oxygen atoms in total. The fourth-order valence-electron chi connectivity index (χ4n) is 2.55. The molecule has 0 amide bonds. The van der Waals surface area contributed by atoms with Crippen molar-refractivity contribution in [2.24, 2.45) is 0 Å². The Kier molecular flexibility index (Phi) is 3.66. The molecule has 1 aromatic heterocycles. The summed E-state index contributed by atoms with van der Waals surface area (Å²) >= 11 is 0. The van der Waals surface area contributed by atoms with Gasteiger partial charge >= 0.3 is 0 Å². The fourth-order valence-corrected chi connectivity index (χ4v) is 2.55. The predicted molar refractivity (Wildman–Crippen MR) is 76.0 cm³/mol. The van der Waals surface area contributed by atoms with Crippen LogP contribution in [0.1, 0.15) is 0 Å². The van der Waals surface area contributed by atoms with E-state index in [1.807, 2.05) is 11.0 Å². The van der Waals surface area contributed by atoms with Crippen LogP contribution in [0.3, 0.4) is 0 Å². The number of nitrogens with zero attached hydrogens (tertiary/aromatic N) is 4. The van der Waals surface area contributed by atoms with Crippen LogP contribution in [0.2, 0.25) is 0 Å². The monoisotopic (exact) mass is 260 g/mol. The smallest absolute Gasteiger partial charge is 0.0920 e. The number of aromatic nitrogens is 2. The molecule has 0 N–H and O–H groups in total. The number of benzene rings is 1. The van der Waals surface area contributed by atoms with Gasteiger partial charge in [0, 0.05) is 45.2 Å². The Morgan fingerprint density at radius 3 is 2.74 bits per heavy atom. The van der Waals surface area contributed by atoms with Gasteiger partial charge in [-0.3, -0.25) is 9.91 Å². The van der Waals surface area contributed by atoms with Gasteiger partial charge < -0.3 is 4.74 Å². The third-order valence-corrected chi connectivity index (χ3v) is 3.69. The number of methoxy groups -OCH3 is 1. The lowest BCUT2D eigenvalue weighted by atomic mass is 10.3. The highest BCUT2D eigenvalue weighted by molar-refractivity contribution is 5.78. The molecule has 3 rings (SSSR count). The minimum absolute atomic E-state index is 0.810. The number of para-hydroxylation sites is 1. The van der Waals surface area contributed by atoms with Crippen LogP contribution in [0.4, 0.5) is 0 Å². The maximum absolute atomic E-state index is 5.13. The van der Waals surface area contributed by atoms with Crippen molar-refractivity contribution in [3.8, 4) is 0 Å². The van der Waals surface area contributed by atoms with E-state index in [-0.39, 0.29) is 0 Å². The first-order chi connectivity index (χ1) is 9.38. The third kappa shape index (κ3) is 2.57. The molecule has 1 saturated heterocycles. The molecule has 0 radical (unpaired) electrons. The Morgan fingerprint density at radius 2 is 1.95 bits per heavy atom. The Balaban J connectivity index is 1.68. The van der Waals surface area contributed by atoms with E-state index in [2.05, 4.69) is 39.3 Å². The van der Waals surface area contributed by atoms with Gasteiger partial charge in [-0.1, -0.05) is 18.2 Å². The molecule has 102 valence electrons. The second-order valence-electron chi connectivity index (χ2n) is 4.88. The number of rotatable bonds is 4. The van der Waals surface area contributed by atoms with E-state index in [0.29, 0.717) is 0 Å². The molecule has 1 aliphatic rings. The molecule has 2 heterocycles. The van der Waals surface area contributed by atoms with Gasteiger partial charge in [-0.05, 0) is 6.07 Å². The maximum Gasteiger partial charge on any atom is 0.0920 e. The van der Waals surface area contributed by atoms with Crippen molar-refractivity contribution in [1.82, 2.24) is 14.8 Å². The van der Waals surface area contributed by atoms with Crippen molar-refractivity contribution in [3.63, 3.8) is 0 Å². The number of hydrogen-bond donors (Lipinski definition) is 0. The molecule has 19 heavy (non-hydrogen) atoms.